The Labute approximate surface area is 155 Å². The molecule has 0 aliphatic carbocycles. The molecule has 0 unspecified atom stereocenters. The Hall–Kier alpha value is -2.73. The van der Waals surface area contributed by atoms with E-state index in [1.807, 2.05) is 31.7 Å². The fraction of sp³-hybridized carbons (Fsp3) is 0.412. The molecule has 3 heterocycles. The molecule has 8 nitrogen and oxygen atoms in total. The lowest BCUT2D eigenvalue weighted by molar-refractivity contribution is 0.175. The largest absolute Gasteiger partial charge is 0.461 e. The second-order valence-electron chi connectivity index (χ2n) is 5.88. The molecule has 0 saturated heterocycles. The van der Waals surface area contributed by atoms with E-state index < -0.39 is 0 Å². The molecule has 0 spiro atoms. The van der Waals surface area contributed by atoms with Crippen LogP contribution in [0.2, 0.25) is 0 Å². The van der Waals surface area contributed by atoms with E-state index in [4.69, 9.17) is 11.3 Å². The first-order valence-electron chi connectivity index (χ1n) is 8.34. The molecule has 1 N–H and O–H groups in total. The van der Waals surface area contributed by atoms with Gasteiger partial charge in [0.1, 0.15) is 11.8 Å². The fourth-order valence-electron chi connectivity index (χ4n) is 2.66. The normalized spacial score (nSPS) is 11.2. The van der Waals surface area contributed by atoms with Gasteiger partial charge in [0.2, 0.25) is 5.69 Å². The zero-order valence-corrected chi connectivity index (χ0v) is 15.9. The minimum Gasteiger partial charge on any atom is -0.461 e. The van der Waals surface area contributed by atoms with E-state index in [-0.39, 0.29) is 17.8 Å². The first-order chi connectivity index (χ1) is 12.5. The molecule has 0 aliphatic heterocycles. The van der Waals surface area contributed by atoms with Gasteiger partial charge in [0.25, 0.3) is 6.01 Å². The van der Waals surface area contributed by atoms with E-state index in [0.29, 0.717) is 27.1 Å². The number of nitrogens with zero attached hydrogens (tertiary/aromatic N) is 5. The topological polar surface area (TPSA) is 81.6 Å². The summed E-state index contributed by atoms with van der Waals surface area (Å²) in [7, 11) is 1.86. The third-order valence-electron chi connectivity index (χ3n) is 4.20. The maximum Gasteiger partial charge on any atom is 0.335 e. The molecule has 0 saturated carbocycles. The number of fused-ring (bicyclic) bond motifs is 1. The maximum atomic E-state index is 12.7. The number of aromatic amines is 1. The summed E-state index contributed by atoms with van der Waals surface area (Å²) in [6.45, 7) is 13.4. The number of H-pyrrole nitrogens is 1. The Balaban J connectivity index is 2.16. The van der Waals surface area contributed by atoms with Crippen molar-refractivity contribution in [3.8, 4) is 6.01 Å². The number of ether oxygens (including phenoxy) is 1. The maximum absolute atomic E-state index is 12.7. The molecule has 136 valence electrons. The first kappa shape index (κ1) is 18.1. The van der Waals surface area contributed by atoms with Crippen LogP contribution in [0.4, 0.5) is 5.69 Å². The molecule has 3 rings (SSSR count). The number of hydrogen-bond donors (Lipinski definition) is 1. The van der Waals surface area contributed by atoms with Crippen molar-refractivity contribution in [2.45, 2.75) is 49.9 Å². The summed E-state index contributed by atoms with van der Waals surface area (Å²) in [6.07, 6.45) is 5.11. The van der Waals surface area contributed by atoms with Crippen molar-refractivity contribution in [1.82, 2.24) is 23.9 Å². The van der Waals surface area contributed by atoms with Crippen LogP contribution in [-0.4, -0.2) is 30.0 Å². The van der Waals surface area contributed by atoms with Gasteiger partial charge in [0.05, 0.1) is 11.6 Å². The van der Waals surface area contributed by atoms with E-state index in [0.717, 1.165) is 12.8 Å². The average Bonchev–Trinajstić information content (AvgIpc) is 3.15. The molecule has 0 bridgehead atoms. The monoisotopic (exact) mass is 372 g/mol. The number of rotatable bonds is 6. The molecule has 26 heavy (non-hydrogen) atoms. The van der Waals surface area contributed by atoms with Crippen molar-refractivity contribution in [1.29, 1.82) is 0 Å². The smallest absolute Gasteiger partial charge is 0.335 e. The van der Waals surface area contributed by atoms with Gasteiger partial charge in [-0.25, -0.2) is 14.6 Å². The Kier molecular flexibility index (Phi) is 5.04. The van der Waals surface area contributed by atoms with Crippen LogP contribution in [0, 0.1) is 13.5 Å². The van der Waals surface area contributed by atoms with Crippen LogP contribution in [0.3, 0.4) is 0 Å². The van der Waals surface area contributed by atoms with E-state index in [2.05, 4.69) is 19.8 Å². The van der Waals surface area contributed by atoms with Crippen molar-refractivity contribution >= 4 is 23.1 Å². The highest BCUT2D eigenvalue weighted by molar-refractivity contribution is 7.99. The van der Waals surface area contributed by atoms with Crippen LogP contribution in [0.15, 0.2) is 27.4 Å². The summed E-state index contributed by atoms with van der Waals surface area (Å²) in [5.41, 5.74) is 1.09. The summed E-state index contributed by atoms with van der Waals surface area (Å²) in [4.78, 5) is 27.7. The van der Waals surface area contributed by atoms with Crippen LogP contribution in [-0.2, 0) is 7.05 Å². The van der Waals surface area contributed by atoms with Crippen LogP contribution in [0.5, 0.6) is 6.01 Å². The Morgan fingerprint density at radius 3 is 2.73 bits per heavy atom. The van der Waals surface area contributed by atoms with Gasteiger partial charge in [0, 0.05) is 25.0 Å². The quantitative estimate of drug-likeness (QED) is 0.671. The predicted octanol–water partition coefficient (Wildman–Crippen LogP) is 3.33. The highest BCUT2D eigenvalue weighted by Crippen LogP contribution is 2.39. The molecule has 0 aromatic carbocycles. The number of aryl methyl sites for hydroxylation is 2. The molecule has 3 aromatic rings. The van der Waals surface area contributed by atoms with Crippen molar-refractivity contribution in [2.24, 2.45) is 7.05 Å². The van der Waals surface area contributed by atoms with Crippen LogP contribution < -0.4 is 10.4 Å². The molecule has 0 amide bonds. The Bertz CT molecular complexity index is 1040. The van der Waals surface area contributed by atoms with Crippen LogP contribution in [0.25, 0.3) is 10.5 Å². The molecule has 0 aliphatic rings. The number of hydrogen-bond acceptors (Lipinski definition) is 5. The third kappa shape index (κ3) is 3.08. The van der Waals surface area contributed by atoms with Gasteiger partial charge >= 0.3 is 5.69 Å². The second-order valence-corrected chi connectivity index (χ2v) is 6.83. The SMILES string of the molecule is [C-]#[N+]c1c(C)c2nc(OC(CC)CC)[nH]c(=O)n2c1Sc1nccn1C. The lowest BCUT2D eigenvalue weighted by Gasteiger charge is -2.14. The predicted molar refractivity (Wildman–Crippen MR) is 99.1 cm³/mol. The molecule has 3 aromatic heterocycles. The van der Waals surface area contributed by atoms with Crippen molar-refractivity contribution < 1.29 is 4.74 Å². The summed E-state index contributed by atoms with van der Waals surface area (Å²) in [6, 6.07) is 0.182. The number of nitrogens with one attached hydrogen (secondary N) is 1. The van der Waals surface area contributed by atoms with Crippen LogP contribution in [0.1, 0.15) is 32.3 Å². The number of aromatic nitrogens is 5. The zero-order chi connectivity index (χ0) is 18.8. The van der Waals surface area contributed by atoms with Crippen molar-refractivity contribution in [3.05, 3.63) is 39.9 Å². The summed E-state index contributed by atoms with van der Waals surface area (Å²) >= 11 is 1.27. The second kappa shape index (κ2) is 7.25. The van der Waals surface area contributed by atoms with Gasteiger partial charge in [-0.1, -0.05) is 13.8 Å². The fourth-order valence-corrected chi connectivity index (χ4v) is 3.71. The Morgan fingerprint density at radius 1 is 1.42 bits per heavy atom. The summed E-state index contributed by atoms with van der Waals surface area (Å²) in [5, 5.41) is 1.19. The average molecular weight is 372 g/mol. The van der Waals surface area contributed by atoms with Crippen molar-refractivity contribution in [2.75, 3.05) is 0 Å². The Morgan fingerprint density at radius 2 is 2.15 bits per heavy atom. The zero-order valence-electron chi connectivity index (χ0n) is 15.1. The van der Waals surface area contributed by atoms with Crippen LogP contribution >= 0.6 is 11.8 Å². The lowest BCUT2D eigenvalue weighted by Crippen LogP contribution is -2.22. The van der Waals surface area contributed by atoms with E-state index in [9.17, 15) is 4.79 Å². The van der Waals surface area contributed by atoms with Gasteiger partial charge in [-0.15, -0.1) is 0 Å². The molecule has 0 atom stereocenters. The molecule has 0 fully saturated rings. The minimum atomic E-state index is -0.384. The standard InChI is InChI=1S/C17H20N6O2S/c1-6-11(7-2)25-15-20-13-10(3)12(18-4)14(23(13)16(24)21-15)26-17-19-8-9-22(17)5/h8-9,11H,6-7H2,1-3,5H3,(H,20,21,24). The first-order valence-corrected chi connectivity index (χ1v) is 9.16. The van der Waals surface area contributed by atoms with Gasteiger partial charge in [-0.05, 0) is 31.5 Å². The van der Waals surface area contributed by atoms with Gasteiger partial charge in [-0.3, -0.25) is 9.38 Å². The molecular weight excluding hydrogens is 352 g/mol. The van der Waals surface area contributed by atoms with Gasteiger partial charge < -0.3 is 9.30 Å². The van der Waals surface area contributed by atoms with E-state index in [1.54, 1.807) is 13.1 Å². The lowest BCUT2D eigenvalue weighted by atomic mass is 10.2. The molecular formula is C17H20N6O2S. The summed E-state index contributed by atoms with van der Waals surface area (Å²) < 4.78 is 9.03. The minimum absolute atomic E-state index is 0.0161. The highest BCUT2D eigenvalue weighted by Gasteiger charge is 2.22. The molecule has 9 heteroatoms. The summed E-state index contributed by atoms with van der Waals surface area (Å²) in [5.74, 6) is 0. The van der Waals surface area contributed by atoms with Gasteiger partial charge in [0.15, 0.2) is 5.16 Å². The molecule has 0 radical (unpaired) electrons. The van der Waals surface area contributed by atoms with E-state index in [1.165, 1.54) is 16.2 Å². The van der Waals surface area contributed by atoms with E-state index >= 15 is 0 Å². The highest BCUT2D eigenvalue weighted by atomic mass is 32.2. The number of imidazole rings is 1. The third-order valence-corrected chi connectivity index (χ3v) is 5.34. The van der Waals surface area contributed by atoms with Crippen molar-refractivity contribution in [3.63, 3.8) is 0 Å². The van der Waals surface area contributed by atoms with Gasteiger partial charge in [-0.2, -0.15) is 4.98 Å².